The highest BCUT2D eigenvalue weighted by molar-refractivity contribution is 5.91. The van der Waals surface area contributed by atoms with E-state index in [0.717, 1.165) is 12.8 Å². The molecule has 1 fully saturated rings. The Bertz CT molecular complexity index is 429. The van der Waals surface area contributed by atoms with Crippen LogP contribution in [0.2, 0.25) is 0 Å². The van der Waals surface area contributed by atoms with Crippen LogP contribution in [0, 0.1) is 0 Å². The number of hydrazine groups is 1. The Morgan fingerprint density at radius 3 is 2.90 bits per heavy atom. The summed E-state index contributed by atoms with van der Waals surface area (Å²) in [6.45, 7) is 1.26. The van der Waals surface area contributed by atoms with Gasteiger partial charge in [0.2, 0.25) is 0 Å². The van der Waals surface area contributed by atoms with E-state index in [1.807, 2.05) is 5.43 Å². The molecule has 112 valence electrons. The molecule has 4 N–H and O–H groups in total. The summed E-state index contributed by atoms with van der Waals surface area (Å²) in [5, 5.41) is 12.9. The van der Waals surface area contributed by atoms with Crippen molar-refractivity contribution in [1.29, 1.82) is 0 Å². The fourth-order valence-electron chi connectivity index (χ4n) is 2.73. The van der Waals surface area contributed by atoms with E-state index in [2.05, 4.69) is 10.1 Å². The minimum absolute atomic E-state index is 0.112. The Morgan fingerprint density at radius 2 is 2.25 bits per heavy atom. The van der Waals surface area contributed by atoms with Crippen LogP contribution in [0.15, 0.2) is 10.6 Å². The number of carbonyl (C=O) groups excluding carboxylic acids is 1. The van der Waals surface area contributed by atoms with Crippen LogP contribution in [0.1, 0.15) is 48.4 Å². The maximum atomic E-state index is 11.3. The molecule has 0 spiro atoms. The Hall–Kier alpha value is -1.44. The van der Waals surface area contributed by atoms with Crippen molar-refractivity contribution in [3.63, 3.8) is 0 Å². The van der Waals surface area contributed by atoms with Gasteiger partial charge in [0, 0.05) is 18.7 Å². The number of aliphatic hydroxyl groups is 1. The van der Waals surface area contributed by atoms with Gasteiger partial charge in [-0.25, -0.2) is 5.84 Å². The molecule has 7 nitrogen and oxygen atoms in total. The number of nitrogens with two attached hydrogens (primary N) is 1. The Balaban J connectivity index is 1.99. The van der Waals surface area contributed by atoms with Crippen molar-refractivity contribution in [1.82, 2.24) is 15.5 Å². The molecule has 0 radical (unpaired) electrons. The first-order valence-electron chi connectivity index (χ1n) is 7.06. The first kappa shape index (κ1) is 15.0. The number of hydrogen-bond acceptors (Lipinski definition) is 6. The molecule has 0 saturated heterocycles. The number of aromatic nitrogens is 1. The summed E-state index contributed by atoms with van der Waals surface area (Å²) in [5.74, 6) is 5.20. The molecule has 1 aliphatic carbocycles. The van der Waals surface area contributed by atoms with E-state index < -0.39 is 5.91 Å². The molecule has 0 aromatic carbocycles. The third-order valence-electron chi connectivity index (χ3n) is 3.76. The average molecular weight is 282 g/mol. The first-order valence-corrected chi connectivity index (χ1v) is 7.06. The minimum Gasteiger partial charge on any atom is -0.395 e. The lowest BCUT2D eigenvalue weighted by Gasteiger charge is -2.33. The maximum absolute atomic E-state index is 11.3. The van der Waals surface area contributed by atoms with Crippen LogP contribution in [0.25, 0.3) is 0 Å². The molecule has 0 aliphatic heterocycles. The lowest BCUT2D eigenvalue weighted by atomic mass is 9.94. The van der Waals surface area contributed by atoms with Gasteiger partial charge in [-0.1, -0.05) is 24.4 Å². The van der Waals surface area contributed by atoms with Gasteiger partial charge in [-0.2, -0.15) is 0 Å². The van der Waals surface area contributed by atoms with Gasteiger partial charge in [0.15, 0.2) is 11.5 Å². The van der Waals surface area contributed by atoms with E-state index >= 15 is 0 Å². The molecular formula is C13H22N4O3. The molecule has 7 heteroatoms. The third-order valence-corrected chi connectivity index (χ3v) is 3.76. The summed E-state index contributed by atoms with van der Waals surface area (Å²) in [4.78, 5) is 13.5. The topological polar surface area (TPSA) is 105 Å². The van der Waals surface area contributed by atoms with Gasteiger partial charge in [0.1, 0.15) is 0 Å². The SMILES string of the molecule is NNC(=O)c1cc(CN(CCO)C2CCCCC2)on1. The molecule has 1 saturated carbocycles. The van der Waals surface area contributed by atoms with Crippen molar-refractivity contribution in [3.05, 3.63) is 17.5 Å². The van der Waals surface area contributed by atoms with Crippen LogP contribution in [0.3, 0.4) is 0 Å². The van der Waals surface area contributed by atoms with E-state index in [1.54, 1.807) is 6.07 Å². The fourth-order valence-corrected chi connectivity index (χ4v) is 2.73. The molecule has 0 atom stereocenters. The summed E-state index contributed by atoms with van der Waals surface area (Å²) in [6.07, 6.45) is 6.02. The third kappa shape index (κ3) is 3.78. The van der Waals surface area contributed by atoms with Crippen molar-refractivity contribution in [2.24, 2.45) is 5.84 Å². The molecule has 0 bridgehead atoms. The van der Waals surface area contributed by atoms with Crippen LogP contribution in [0.5, 0.6) is 0 Å². The van der Waals surface area contributed by atoms with Gasteiger partial charge in [0.05, 0.1) is 13.2 Å². The van der Waals surface area contributed by atoms with Crippen LogP contribution in [-0.4, -0.2) is 40.3 Å². The Kier molecular flexibility index (Phi) is 5.51. The summed E-state index contributed by atoms with van der Waals surface area (Å²) < 4.78 is 5.17. The van der Waals surface area contributed by atoms with Gasteiger partial charge < -0.3 is 9.63 Å². The molecule has 1 aliphatic rings. The number of amides is 1. The van der Waals surface area contributed by atoms with Crippen LogP contribution >= 0.6 is 0 Å². The van der Waals surface area contributed by atoms with Crippen LogP contribution in [-0.2, 0) is 6.54 Å². The molecular weight excluding hydrogens is 260 g/mol. The van der Waals surface area contributed by atoms with Crippen molar-refractivity contribution < 1.29 is 14.4 Å². The number of hydrogen-bond donors (Lipinski definition) is 3. The largest absolute Gasteiger partial charge is 0.395 e. The lowest BCUT2D eigenvalue weighted by molar-refractivity contribution is 0.0943. The smallest absolute Gasteiger partial charge is 0.287 e. The van der Waals surface area contributed by atoms with Gasteiger partial charge in [0.25, 0.3) is 5.91 Å². The minimum atomic E-state index is -0.466. The number of carbonyl (C=O) groups is 1. The molecule has 1 aromatic rings. The standard InChI is InChI=1S/C13H22N4O3/c14-15-13(19)12-8-11(20-16-12)9-17(6-7-18)10-4-2-1-3-5-10/h8,10,18H,1-7,9,14H2,(H,15,19). The normalized spacial score (nSPS) is 16.6. The van der Waals surface area contributed by atoms with Crippen molar-refractivity contribution >= 4 is 5.91 Å². The number of nitrogens with zero attached hydrogens (tertiary/aromatic N) is 2. The number of rotatable bonds is 6. The van der Waals surface area contributed by atoms with E-state index in [4.69, 9.17) is 10.4 Å². The Labute approximate surface area is 118 Å². The molecule has 1 amide bonds. The highest BCUT2D eigenvalue weighted by Crippen LogP contribution is 2.24. The highest BCUT2D eigenvalue weighted by Gasteiger charge is 2.22. The number of nitrogens with one attached hydrogen (secondary N) is 1. The summed E-state index contributed by atoms with van der Waals surface area (Å²) >= 11 is 0. The second-order valence-electron chi connectivity index (χ2n) is 5.14. The number of nitrogen functional groups attached to an aromatic ring is 1. The van der Waals surface area contributed by atoms with Gasteiger partial charge in [-0.05, 0) is 12.8 Å². The Morgan fingerprint density at radius 1 is 1.50 bits per heavy atom. The van der Waals surface area contributed by atoms with E-state index in [-0.39, 0.29) is 12.3 Å². The van der Waals surface area contributed by atoms with Gasteiger partial charge >= 0.3 is 0 Å². The van der Waals surface area contributed by atoms with Crippen molar-refractivity contribution in [2.45, 2.75) is 44.7 Å². The van der Waals surface area contributed by atoms with Gasteiger partial charge in [-0.3, -0.25) is 15.1 Å². The molecule has 2 rings (SSSR count). The first-order chi connectivity index (χ1) is 9.74. The summed E-state index contributed by atoms with van der Waals surface area (Å²) in [5.41, 5.74) is 2.20. The van der Waals surface area contributed by atoms with E-state index in [9.17, 15) is 9.90 Å². The zero-order valence-electron chi connectivity index (χ0n) is 11.5. The molecule has 1 heterocycles. The second-order valence-corrected chi connectivity index (χ2v) is 5.14. The van der Waals surface area contributed by atoms with Crippen LogP contribution in [0.4, 0.5) is 0 Å². The highest BCUT2D eigenvalue weighted by atomic mass is 16.5. The quantitative estimate of drug-likeness (QED) is 0.396. The predicted molar refractivity (Wildman–Crippen MR) is 72.5 cm³/mol. The van der Waals surface area contributed by atoms with Crippen molar-refractivity contribution in [3.8, 4) is 0 Å². The maximum Gasteiger partial charge on any atom is 0.287 e. The van der Waals surface area contributed by atoms with E-state index in [0.29, 0.717) is 24.9 Å². The zero-order chi connectivity index (χ0) is 14.4. The molecule has 20 heavy (non-hydrogen) atoms. The molecule has 0 unspecified atom stereocenters. The lowest BCUT2D eigenvalue weighted by Crippen LogP contribution is -2.38. The van der Waals surface area contributed by atoms with Crippen LogP contribution < -0.4 is 11.3 Å². The zero-order valence-corrected chi connectivity index (χ0v) is 11.5. The second kappa shape index (κ2) is 7.37. The predicted octanol–water partition coefficient (Wildman–Crippen LogP) is 0.405. The van der Waals surface area contributed by atoms with Gasteiger partial charge in [-0.15, -0.1) is 0 Å². The fraction of sp³-hybridized carbons (Fsp3) is 0.692. The monoisotopic (exact) mass is 282 g/mol. The van der Waals surface area contributed by atoms with Crippen molar-refractivity contribution in [2.75, 3.05) is 13.2 Å². The number of aliphatic hydroxyl groups excluding tert-OH is 1. The van der Waals surface area contributed by atoms with E-state index in [1.165, 1.54) is 19.3 Å². The summed E-state index contributed by atoms with van der Waals surface area (Å²) in [7, 11) is 0. The average Bonchev–Trinajstić information content (AvgIpc) is 2.95. The molecule has 1 aromatic heterocycles. The summed E-state index contributed by atoms with van der Waals surface area (Å²) in [6, 6.07) is 2.06.